The maximum atomic E-state index is 12.6. The molecule has 1 aromatic carbocycles. The average Bonchev–Trinajstić information content (AvgIpc) is 3.33. The molecule has 0 bridgehead atoms. The normalized spacial score (nSPS) is 10.6. The molecular weight excluding hydrogens is 318 g/mol. The lowest BCUT2D eigenvalue weighted by Gasteiger charge is -2.20. The maximum Gasteiger partial charge on any atom is 0.223 e. The Labute approximate surface area is 145 Å². The van der Waals surface area contributed by atoms with Gasteiger partial charge in [-0.3, -0.25) is 9.59 Å². The Bertz CT molecular complexity index is 755. The molecule has 25 heavy (non-hydrogen) atoms. The van der Waals surface area contributed by atoms with Crippen LogP contribution in [0.5, 0.6) is 0 Å². The van der Waals surface area contributed by atoms with Gasteiger partial charge < -0.3 is 13.7 Å². The van der Waals surface area contributed by atoms with E-state index >= 15 is 0 Å². The molecule has 0 saturated carbocycles. The Balaban J connectivity index is 1.62. The lowest BCUT2D eigenvalue weighted by Crippen LogP contribution is -2.30. The smallest absolute Gasteiger partial charge is 0.223 e. The summed E-state index contributed by atoms with van der Waals surface area (Å²) in [6.45, 7) is 0.679. The van der Waals surface area contributed by atoms with Crippen LogP contribution in [0.1, 0.15) is 34.7 Å². The Morgan fingerprint density at radius 2 is 1.36 bits per heavy atom. The third-order valence-corrected chi connectivity index (χ3v) is 3.87. The average molecular weight is 337 g/mol. The van der Waals surface area contributed by atoms with E-state index in [0.29, 0.717) is 30.2 Å². The van der Waals surface area contributed by atoms with Gasteiger partial charge >= 0.3 is 0 Å². The summed E-state index contributed by atoms with van der Waals surface area (Å²) in [7, 11) is 0. The van der Waals surface area contributed by atoms with Crippen LogP contribution >= 0.6 is 0 Å². The van der Waals surface area contributed by atoms with Crippen molar-refractivity contribution in [2.45, 2.75) is 25.9 Å². The molecule has 2 heterocycles. The largest absolute Gasteiger partial charge is 0.467 e. The molecule has 0 fully saturated rings. The number of Topliss-reactive ketones (excluding diaryl/α,β-unsaturated/α-hetero) is 1. The monoisotopic (exact) mass is 337 g/mol. The molecule has 5 nitrogen and oxygen atoms in total. The summed E-state index contributed by atoms with van der Waals surface area (Å²) in [5.74, 6) is 1.23. The van der Waals surface area contributed by atoms with Gasteiger partial charge in [-0.1, -0.05) is 30.3 Å². The number of hydrogen-bond donors (Lipinski definition) is 0. The number of hydrogen-bond acceptors (Lipinski definition) is 4. The zero-order chi connectivity index (χ0) is 17.5. The third-order valence-electron chi connectivity index (χ3n) is 3.87. The van der Waals surface area contributed by atoms with E-state index in [2.05, 4.69) is 0 Å². The van der Waals surface area contributed by atoms with Gasteiger partial charge in [-0.15, -0.1) is 0 Å². The van der Waals surface area contributed by atoms with Gasteiger partial charge in [0, 0.05) is 18.4 Å². The summed E-state index contributed by atoms with van der Waals surface area (Å²) < 4.78 is 10.7. The van der Waals surface area contributed by atoms with Gasteiger partial charge in [0.05, 0.1) is 25.6 Å². The number of amides is 1. The molecule has 3 aromatic rings. The van der Waals surface area contributed by atoms with Crippen LogP contribution in [0.25, 0.3) is 0 Å². The summed E-state index contributed by atoms with van der Waals surface area (Å²) in [5, 5.41) is 0. The third kappa shape index (κ3) is 4.70. The molecule has 0 N–H and O–H groups in total. The molecule has 0 atom stereocenters. The van der Waals surface area contributed by atoms with E-state index in [-0.39, 0.29) is 24.5 Å². The first-order chi connectivity index (χ1) is 12.2. The molecule has 0 unspecified atom stereocenters. The molecule has 3 rings (SSSR count). The van der Waals surface area contributed by atoms with E-state index < -0.39 is 0 Å². The standard InChI is InChI=1S/C20H19NO4/c22-19(16-6-2-1-3-7-16)10-11-20(23)21(14-17-8-4-12-24-17)15-18-9-5-13-25-18/h1-9,12-13H,10-11,14-15H2. The molecule has 0 saturated heterocycles. The second-order valence-electron chi connectivity index (χ2n) is 5.70. The predicted molar refractivity (Wildman–Crippen MR) is 91.7 cm³/mol. The predicted octanol–water partition coefficient (Wildman–Crippen LogP) is 4.06. The summed E-state index contributed by atoms with van der Waals surface area (Å²) in [6, 6.07) is 16.2. The van der Waals surface area contributed by atoms with Crippen molar-refractivity contribution in [3.05, 3.63) is 84.2 Å². The number of furan rings is 2. The van der Waals surface area contributed by atoms with E-state index in [9.17, 15) is 9.59 Å². The number of carbonyl (C=O) groups excluding carboxylic acids is 2. The zero-order valence-electron chi connectivity index (χ0n) is 13.8. The molecule has 0 spiro atoms. The minimum absolute atomic E-state index is 0.0371. The fraction of sp³-hybridized carbons (Fsp3) is 0.200. The lowest BCUT2D eigenvalue weighted by atomic mass is 10.1. The number of benzene rings is 1. The van der Waals surface area contributed by atoms with Crippen molar-refractivity contribution in [2.75, 3.05) is 0 Å². The van der Waals surface area contributed by atoms with Crippen molar-refractivity contribution in [3.63, 3.8) is 0 Å². The van der Waals surface area contributed by atoms with Crippen LogP contribution in [0.4, 0.5) is 0 Å². The van der Waals surface area contributed by atoms with Crippen LogP contribution in [0.3, 0.4) is 0 Å². The molecule has 1 amide bonds. The second kappa shape index (κ2) is 8.15. The molecule has 0 radical (unpaired) electrons. The van der Waals surface area contributed by atoms with E-state index in [0.717, 1.165) is 0 Å². The molecular formula is C20H19NO4. The van der Waals surface area contributed by atoms with E-state index in [1.54, 1.807) is 41.7 Å². The fourth-order valence-electron chi connectivity index (χ4n) is 2.56. The van der Waals surface area contributed by atoms with Crippen LogP contribution in [-0.4, -0.2) is 16.6 Å². The number of rotatable bonds is 8. The Kier molecular flexibility index (Phi) is 5.46. The topological polar surface area (TPSA) is 63.7 Å². The first-order valence-electron chi connectivity index (χ1n) is 8.13. The molecule has 0 aliphatic carbocycles. The highest BCUT2D eigenvalue weighted by molar-refractivity contribution is 5.97. The highest BCUT2D eigenvalue weighted by Crippen LogP contribution is 2.14. The highest BCUT2D eigenvalue weighted by atomic mass is 16.3. The van der Waals surface area contributed by atoms with Crippen molar-refractivity contribution in [2.24, 2.45) is 0 Å². The fourth-order valence-corrected chi connectivity index (χ4v) is 2.56. The SMILES string of the molecule is O=C(CCC(=O)N(Cc1ccco1)Cc1ccco1)c1ccccc1. The van der Waals surface area contributed by atoms with Gasteiger partial charge in [-0.2, -0.15) is 0 Å². The first-order valence-corrected chi connectivity index (χ1v) is 8.13. The van der Waals surface area contributed by atoms with Crippen LogP contribution in [0, 0.1) is 0 Å². The van der Waals surface area contributed by atoms with Crippen LogP contribution in [0.2, 0.25) is 0 Å². The zero-order valence-corrected chi connectivity index (χ0v) is 13.8. The number of ketones is 1. The van der Waals surface area contributed by atoms with E-state index in [4.69, 9.17) is 8.83 Å². The van der Waals surface area contributed by atoms with Crippen molar-refractivity contribution in [3.8, 4) is 0 Å². The second-order valence-corrected chi connectivity index (χ2v) is 5.70. The van der Waals surface area contributed by atoms with Crippen LogP contribution in [-0.2, 0) is 17.9 Å². The molecule has 2 aromatic heterocycles. The Morgan fingerprint density at radius 1 is 0.760 bits per heavy atom. The van der Waals surface area contributed by atoms with E-state index in [1.165, 1.54) is 0 Å². The van der Waals surface area contributed by atoms with Crippen molar-refractivity contribution >= 4 is 11.7 Å². The van der Waals surface area contributed by atoms with Gasteiger partial charge in [0.2, 0.25) is 5.91 Å². The molecule has 0 aliphatic rings. The van der Waals surface area contributed by atoms with Gasteiger partial charge in [-0.25, -0.2) is 0 Å². The van der Waals surface area contributed by atoms with Gasteiger partial charge in [0.1, 0.15) is 11.5 Å². The number of carbonyl (C=O) groups is 2. The van der Waals surface area contributed by atoms with Crippen molar-refractivity contribution in [1.82, 2.24) is 4.90 Å². The number of nitrogens with zero attached hydrogens (tertiary/aromatic N) is 1. The Morgan fingerprint density at radius 3 is 1.88 bits per heavy atom. The highest BCUT2D eigenvalue weighted by Gasteiger charge is 2.18. The lowest BCUT2D eigenvalue weighted by molar-refractivity contribution is -0.133. The van der Waals surface area contributed by atoms with Crippen molar-refractivity contribution in [1.29, 1.82) is 0 Å². The quantitative estimate of drug-likeness (QED) is 0.581. The summed E-state index contributed by atoms with van der Waals surface area (Å²) in [6.07, 6.45) is 3.47. The van der Waals surface area contributed by atoms with Crippen molar-refractivity contribution < 1.29 is 18.4 Å². The molecule has 128 valence electrons. The van der Waals surface area contributed by atoms with Gasteiger partial charge in [-0.05, 0) is 24.3 Å². The van der Waals surface area contributed by atoms with Gasteiger partial charge in [0.15, 0.2) is 5.78 Å². The summed E-state index contributed by atoms with van der Waals surface area (Å²) in [5.41, 5.74) is 0.624. The van der Waals surface area contributed by atoms with Gasteiger partial charge in [0.25, 0.3) is 0 Å². The van der Waals surface area contributed by atoms with Crippen LogP contribution in [0.15, 0.2) is 76.0 Å². The maximum absolute atomic E-state index is 12.6. The Hall–Kier alpha value is -3.08. The molecule has 5 heteroatoms. The van der Waals surface area contributed by atoms with Crippen LogP contribution < -0.4 is 0 Å². The minimum Gasteiger partial charge on any atom is -0.467 e. The van der Waals surface area contributed by atoms with E-state index in [1.807, 2.05) is 30.3 Å². The first kappa shape index (κ1) is 16.8. The summed E-state index contributed by atoms with van der Waals surface area (Å²) >= 11 is 0. The minimum atomic E-state index is -0.114. The summed E-state index contributed by atoms with van der Waals surface area (Å²) in [4.78, 5) is 26.5. The molecule has 0 aliphatic heterocycles.